The number of hydrogen-bond acceptors (Lipinski definition) is 4. The fourth-order valence-corrected chi connectivity index (χ4v) is 5.11. The van der Waals surface area contributed by atoms with Gasteiger partial charge < -0.3 is 19.6 Å². The molecule has 0 radical (unpaired) electrons. The predicted octanol–water partition coefficient (Wildman–Crippen LogP) is 5.26. The van der Waals surface area contributed by atoms with E-state index in [2.05, 4.69) is 11.8 Å². The highest BCUT2D eigenvalue weighted by molar-refractivity contribution is 5.85. The highest BCUT2D eigenvalue weighted by Crippen LogP contribution is 2.42. The Morgan fingerprint density at radius 1 is 1.05 bits per heavy atom. The average molecular weight is 503 g/mol. The molecule has 196 valence electrons. The Hall–Kier alpha value is -3.30. The van der Waals surface area contributed by atoms with Crippen molar-refractivity contribution in [2.24, 2.45) is 5.41 Å². The molecule has 2 aliphatic rings. The van der Waals surface area contributed by atoms with Gasteiger partial charge in [-0.1, -0.05) is 54.3 Å². The van der Waals surface area contributed by atoms with Gasteiger partial charge in [-0.2, -0.15) is 0 Å². The van der Waals surface area contributed by atoms with E-state index in [1.807, 2.05) is 80.3 Å². The summed E-state index contributed by atoms with van der Waals surface area (Å²) in [6.45, 7) is 11.4. The van der Waals surface area contributed by atoms with E-state index < -0.39 is 16.6 Å². The van der Waals surface area contributed by atoms with Crippen molar-refractivity contribution in [2.45, 2.75) is 71.1 Å². The van der Waals surface area contributed by atoms with Crippen LogP contribution < -0.4 is 0 Å². The average Bonchev–Trinajstić information content (AvgIpc) is 2.81. The molecular weight excluding hydrogens is 464 g/mol. The van der Waals surface area contributed by atoms with Crippen LogP contribution in [0.1, 0.15) is 76.6 Å². The Balaban J connectivity index is 1.46. The molecule has 0 saturated carbocycles. The van der Waals surface area contributed by atoms with Gasteiger partial charge in [0.1, 0.15) is 11.0 Å². The van der Waals surface area contributed by atoms with Gasteiger partial charge in [0.25, 0.3) is 0 Å². The van der Waals surface area contributed by atoms with Crippen LogP contribution >= 0.6 is 0 Å². The second-order valence-electron chi connectivity index (χ2n) is 11.5. The molecule has 0 bridgehead atoms. The molecule has 4 rings (SSSR count). The minimum Gasteiger partial charge on any atom is -0.438 e. The lowest BCUT2D eigenvalue weighted by Crippen LogP contribution is -2.51. The maximum absolute atomic E-state index is 13.3. The Morgan fingerprint density at radius 3 is 2.24 bits per heavy atom. The highest BCUT2D eigenvalue weighted by atomic mass is 16.6. The topological polar surface area (TPSA) is 70.1 Å². The van der Waals surface area contributed by atoms with Crippen LogP contribution in [0.25, 0.3) is 0 Å². The fourth-order valence-electron chi connectivity index (χ4n) is 5.11. The summed E-state index contributed by atoms with van der Waals surface area (Å²) >= 11 is 0. The summed E-state index contributed by atoms with van der Waals surface area (Å²) in [4.78, 5) is 29.5. The number of aliphatic hydroxyl groups is 1. The summed E-state index contributed by atoms with van der Waals surface area (Å²) < 4.78 is 6.12. The number of hydrogen-bond donors (Lipinski definition) is 1. The summed E-state index contributed by atoms with van der Waals surface area (Å²) in [5, 5.41) is 10.6. The van der Waals surface area contributed by atoms with Gasteiger partial charge in [-0.25, -0.2) is 4.79 Å². The van der Waals surface area contributed by atoms with Crippen LogP contribution in [-0.4, -0.2) is 52.1 Å². The van der Waals surface area contributed by atoms with Crippen LogP contribution in [0.3, 0.4) is 0 Å². The summed E-state index contributed by atoms with van der Waals surface area (Å²) in [6.07, 6.45) is 1.58. The van der Waals surface area contributed by atoms with Gasteiger partial charge in [0.05, 0.1) is 11.6 Å². The first-order valence-electron chi connectivity index (χ1n) is 13.1. The largest absolute Gasteiger partial charge is 0.438 e. The monoisotopic (exact) mass is 502 g/mol. The summed E-state index contributed by atoms with van der Waals surface area (Å²) in [5.41, 5.74) is 0.124. The quantitative estimate of drug-likeness (QED) is 0.548. The van der Waals surface area contributed by atoms with E-state index in [0.29, 0.717) is 19.4 Å². The minimum absolute atomic E-state index is 0.0799. The number of carbonyl (C=O) groups excluding carboxylic acids is 2. The Bertz CT molecular complexity index is 1180. The molecule has 0 unspecified atom stereocenters. The number of nitrogens with zero attached hydrogens (tertiary/aromatic N) is 2. The van der Waals surface area contributed by atoms with Gasteiger partial charge in [0.15, 0.2) is 0 Å². The number of cyclic esters (lactones) is 1. The summed E-state index contributed by atoms with van der Waals surface area (Å²) in [6, 6.07) is 17.3. The Labute approximate surface area is 220 Å². The number of carbonyl (C=O) groups is 2. The van der Waals surface area contributed by atoms with Crippen molar-refractivity contribution < 1.29 is 19.4 Å². The van der Waals surface area contributed by atoms with E-state index in [4.69, 9.17) is 4.74 Å². The molecule has 6 heteroatoms. The number of ether oxygens (including phenoxy) is 1. The summed E-state index contributed by atoms with van der Waals surface area (Å²) in [5.74, 6) is 6.37. The van der Waals surface area contributed by atoms with Crippen LogP contribution in [0, 0.1) is 17.3 Å². The standard InChI is InChI=1S/C31H38N2O4/c1-23(25-14-12-24(13-15-25)16-17-29(2,3)27(34)32-19-9-20-32)33-21-18-31(37-28(33)35,22-30(4,5)36)26-10-7-6-8-11-26/h6-8,10-15,23,36H,9,18-22H2,1-5H3/t23-,31-/m0/s1. The zero-order valence-corrected chi connectivity index (χ0v) is 22.6. The first-order chi connectivity index (χ1) is 17.4. The van der Waals surface area contributed by atoms with Crippen molar-refractivity contribution in [3.63, 3.8) is 0 Å². The van der Waals surface area contributed by atoms with E-state index in [-0.39, 0.29) is 18.0 Å². The van der Waals surface area contributed by atoms with Gasteiger partial charge >= 0.3 is 6.09 Å². The van der Waals surface area contributed by atoms with E-state index in [0.717, 1.165) is 36.2 Å². The van der Waals surface area contributed by atoms with Crippen molar-refractivity contribution in [1.82, 2.24) is 9.80 Å². The van der Waals surface area contributed by atoms with E-state index in [9.17, 15) is 14.7 Å². The van der Waals surface area contributed by atoms with Crippen LogP contribution in [0.2, 0.25) is 0 Å². The Morgan fingerprint density at radius 2 is 1.70 bits per heavy atom. The molecule has 0 aromatic heterocycles. The molecular formula is C31H38N2O4. The maximum Gasteiger partial charge on any atom is 0.411 e. The molecule has 2 aromatic carbocycles. The zero-order valence-electron chi connectivity index (χ0n) is 22.6. The number of rotatable bonds is 6. The molecule has 6 nitrogen and oxygen atoms in total. The molecule has 1 N–H and O–H groups in total. The predicted molar refractivity (Wildman–Crippen MR) is 144 cm³/mol. The third-order valence-corrected chi connectivity index (χ3v) is 7.35. The lowest BCUT2D eigenvalue weighted by atomic mass is 9.80. The Kier molecular flexibility index (Phi) is 7.39. The lowest BCUT2D eigenvalue weighted by Gasteiger charge is -2.45. The minimum atomic E-state index is -0.991. The molecule has 2 heterocycles. The molecule has 2 aliphatic heterocycles. The van der Waals surface area contributed by atoms with Crippen LogP contribution in [0.4, 0.5) is 4.79 Å². The van der Waals surface area contributed by atoms with E-state index >= 15 is 0 Å². The fraction of sp³-hybridized carbons (Fsp3) is 0.484. The lowest BCUT2D eigenvalue weighted by molar-refractivity contribution is -0.141. The number of benzene rings is 2. The van der Waals surface area contributed by atoms with Crippen LogP contribution in [0.5, 0.6) is 0 Å². The van der Waals surface area contributed by atoms with Gasteiger partial charge in [0, 0.05) is 38.0 Å². The van der Waals surface area contributed by atoms with Gasteiger partial charge in [-0.05, 0) is 64.3 Å². The summed E-state index contributed by atoms with van der Waals surface area (Å²) in [7, 11) is 0. The molecule has 0 aliphatic carbocycles. The molecule has 2 aromatic rings. The maximum atomic E-state index is 13.3. The normalized spacial score (nSPS) is 20.9. The molecule has 37 heavy (non-hydrogen) atoms. The van der Waals surface area contributed by atoms with Gasteiger partial charge in [0.2, 0.25) is 5.91 Å². The molecule has 2 saturated heterocycles. The number of likely N-dealkylation sites (tertiary alicyclic amines) is 1. The SMILES string of the molecule is C[C@@H](c1ccc(C#CC(C)(C)C(=O)N2CCC2)cc1)N1CC[C@](CC(C)(C)O)(c2ccccc2)OC1=O. The first kappa shape index (κ1) is 26.8. The van der Waals surface area contributed by atoms with E-state index in [1.165, 1.54) is 0 Å². The molecule has 2 amide bonds. The second kappa shape index (κ2) is 10.2. The smallest absolute Gasteiger partial charge is 0.411 e. The zero-order chi connectivity index (χ0) is 26.8. The number of amides is 2. The van der Waals surface area contributed by atoms with Crippen molar-refractivity contribution >= 4 is 12.0 Å². The van der Waals surface area contributed by atoms with Gasteiger partial charge in [-0.15, -0.1) is 0 Å². The van der Waals surface area contributed by atoms with Crippen LogP contribution in [-0.2, 0) is 15.1 Å². The van der Waals surface area contributed by atoms with Gasteiger partial charge in [-0.3, -0.25) is 4.79 Å². The molecule has 0 spiro atoms. The van der Waals surface area contributed by atoms with Crippen molar-refractivity contribution in [3.05, 3.63) is 71.3 Å². The third-order valence-electron chi connectivity index (χ3n) is 7.35. The van der Waals surface area contributed by atoms with Crippen LogP contribution in [0.15, 0.2) is 54.6 Å². The van der Waals surface area contributed by atoms with E-state index in [1.54, 1.807) is 18.7 Å². The van der Waals surface area contributed by atoms with Crippen molar-refractivity contribution in [1.29, 1.82) is 0 Å². The molecule has 2 atom stereocenters. The van der Waals surface area contributed by atoms with Crippen molar-refractivity contribution in [3.8, 4) is 11.8 Å². The molecule has 2 fully saturated rings. The third kappa shape index (κ3) is 5.99. The highest BCUT2D eigenvalue weighted by Gasteiger charge is 2.46. The van der Waals surface area contributed by atoms with Crippen molar-refractivity contribution in [2.75, 3.05) is 19.6 Å². The first-order valence-corrected chi connectivity index (χ1v) is 13.1. The second-order valence-corrected chi connectivity index (χ2v) is 11.5.